The minimum Gasteiger partial charge on any atom is -0.404 e. The molecule has 0 unspecified atom stereocenters. The Labute approximate surface area is 182 Å². The summed E-state index contributed by atoms with van der Waals surface area (Å²) in [6.07, 6.45) is 0. The second-order valence-electron chi connectivity index (χ2n) is 7.18. The first-order chi connectivity index (χ1) is 13.0. The van der Waals surface area contributed by atoms with Crippen molar-refractivity contribution in [2.45, 2.75) is 26.2 Å². The van der Waals surface area contributed by atoms with Crippen molar-refractivity contribution >= 4 is 52.4 Å². The first-order valence-electron chi connectivity index (χ1n) is 8.29. The predicted octanol–water partition coefficient (Wildman–Crippen LogP) is 7.00. The van der Waals surface area contributed by atoms with Crippen LogP contribution in [0.3, 0.4) is 0 Å². The van der Waals surface area contributed by atoms with E-state index in [0.29, 0.717) is 25.8 Å². The minimum absolute atomic E-state index is 0.233. The molecule has 0 aliphatic heterocycles. The quantitative estimate of drug-likeness (QED) is 0.397. The average molecular weight is 458 g/mol. The summed E-state index contributed by atoms with van der Waals surface area (Å²) in [6, 6.07) is 11.3. The van der Waals surface area contributed by atoms with Crippen LogP contribution in [0.25, 0.3) is 5.69 Å². The van der Waals surface area contributed by atoms with Gasteiger partial charge in [-0.3, -0.25) is 0 Å². The summed E-state index contributed by atoms with van der Waals surface area (Å²) in [5.74, 6) is -0.365. The Bertz CT molecular complexity index is 1030. The van der Waals surface area contributed by atoms with E-state index >= 15 is 0 Å². The monoisotopic (exact) mass is 456 g/mol. The van der Waals surface area contributed by atoms with Crippen molar-refractivity contribution in [3.63, 3.8) is 0 Å². The van der Waals surface area contributed by atoms with Crippen molar-refractivity contribution < 1.29 is 9.53 Å². The summed E-state index contributed by atoms with van der Waals surface area (Å²) in [5, 5.41) is 6.05. The summed E-state index contributed by atoms with van der Waals surface area (Å²) < 4.78 is 7.12. The first kappa shape index (κ1) is 21.0. The van der Waals surface area contributed by atoms with E-state index in [4.69, 9.17) is 51.1 Å². The number of halogens is 4. The molecule has 3 rings (SSSR count). The molecule has 0 aliphatic rings. The molecule has 0 amide bonds. The molecule has 8 heteroatoms. The third kappa shape index (κ3) is 4.64. The molecule has 0 bridgehead atoms. The van der Waals surface area contributed by atoms with E-state index in [2.05, 4.69) is 5.10 Å². The standard InChI is InChI=1S/C20H16Cl4N2O2/c1-20(2,3)17-10-18(26(25-17)14-4-5-15(23)16(24)9-14)28-19(27)11-6-12(21)8-13(22)7-11/h4-10H,1-3H3. The van der Waals surface area contributed by atoms with Crippen LogP contribution in [-0.2, 0) is 5.41 Å². The third-order valence-electron chi connectivity index (χ3n) is 3.89. The van der Waals surface area contributed by atoms with Gasteiger partial charge in [0.2, 0.25) is 5.88 Å². The molecule has 146 valence electrons. The van der Waals surface area contributed by atoms with Gasteiger partial charge in [-0.2, -0.15) is 5.10 Å². The number of esters is 1. The Kier molecular flexibility index (Phi) is 5.97. The van der Waals surface area contributed by atoms with E-state index in [1.54, 1.807) is 24.3 Å². The van der Waals surface area contributed by atoms with Crippen molar-refractivity contribution in [2.75, 3.05) is 0 Å². The summed E-state index contributed by atoms with van der Waals surface area (Å²) in [6.45, 7) is 6.03. The lowest BCUT2D eigenvalue weighted by atomic mass is 9.93. The van der Waals surface area contributed by atoms with Gasteiger partial charge in [0.25, 0.3) is 0 Å². The maximum absolute atomic E-state index is 12.7. The summed E-state index contributed by atoms with van der Waals surface area (Å²) in [7, 11) is 0. The molecule has 0 atom stereocenters. The Hall–Kier alpha value is -1.72. The minimum atomic E-state index is -0.605. The number of hydrogen-bond acceptors (Lipinski definition) is 3. The van der Waals surface area contributed by atoms with Gasteiger partial charge in [-0.05, 0) is 36.4 Å². The fraction of sp³-hybridized carbons (Fsp3) is 0.200. The van der Waals surface area contributed by atoms with Crippen LogP contribution in [0.1, 0.15) is 36.8 Å². The van der Waals surface area contributed by atoms with Crippen LogP contribution in [0, 0.1) is 0 Å². The average Bonchev–Trinajstić information content (AvgIpc) is 3.00. The molecular formula is C20H16Cl4N2O2. The highest BCUT2D eigenvalue weighted by molar-refractivity contribution is 6.42. The summed E-state index contributed by atoms with van der Waals surface area (Å²) >= 11 is 24.1. The molecule has 28 heavy (non-hydrogen) atoms. The zero-order valence-corrected chi connectivity index (χ0v) is 18.3. The molecule has 0 saturated carbocycles. The molecule has 1 aromatic heterocycles. The zero-order valence-electron chi connectivity index (χ0n) is 15.3. The first-order valence-corrected chi connectivity index (χ1v) is 9.80. The van der Waals surface area contributed by atoms with Crippen molar-refractivity contribution in [2.24, 2.45) is 0 Å². The van der Waals surface area contributed by atoms with Crippen LogP contribution in [-0.4, -0.2) is 15.7 Å². The van der Waals surface area contributed by atoms with Gasteiger partial charge in [-0.1, -0.05) is 67.2 Å². The summed E-state index contributed by atoms with van der Waals surface area (Å²) in [5.41, 5.74) is 1.32. The van der Waals surface area contributed by atoms with Gasteiger partial charge in [-0.15, -0.1) is 0 Å². The molecule has 0 N–H and O–H groups in total. The van der Waals surface area contributed by atoms with Crippen molar-refractivity contribution in [3.05, 3.63) is 73.8 Å². The van der Waals surface area contributed by atoms with Crippen LogP contribution in [0.4, 0.5) is 0 Å². The molecule has 4 nitrogen and oxygen atoms in total. The van der Waals surface area contributed by atoms with Gasteiger partial charge < -0.3 is 4.74 Å². The van der Waals surface area contributed by atoms with Gasteiger partial charge in [-0.25, -0.2) is 9.48 Å². The number of hydrogen-bond donors (Lipinski definition) is 0. The predicted molar refractivity (Wildman–Crippen MR) is 114 cm³/mol. The molecule has 0 spiro atoms. The third-order valence-corrected chi connectivity index (χ3v) is 5.06. The molecule has 2 aromatic carbocycles. The zero-order chi connectivity index (χ0) is 20.6. The van der Waals surface area contributed by atoms with Gasteiger partial charge in [0.15, 0.2) is 0 Å². The van der Waals surface area contributed by atoms with Crippen LogP contribution >= 0.6 is 46.4 Å². The Balaban J connectivity index is 2.04. The molecule has 0 aliphatic carbocycles. The highest BCUT2D eigenvalue weighted by atomic mass is 35.5. The van der Waals surface area contributed by atoms with Crippen molar-refractivity contribution in [1.82, 2.24) is 9.78 Å². The van der Waals surface area contributed by atoms with Crippen LogP contribution < -0.4 is 4.74 Å². The number of aromatic nitrogens is 2. The molecule has 1 heterocycles. The summed E-state index contributed by atoms with van der Waals surface area (Å²) in [4.78, 5) is 12.7. The maximum Gasteiger partial charge on any atom is 0.344 e. The van der Waals surface area contributed by atoms with Crippen molar-refractivity contribution in [1.29, 1.82) is 0 Å². The smallest absolute Gasteiger partial charge is 0.344 e. The molecule has 0 saturated heterocycles. The fourth-order valence-electron chi connectivity index (χ4n) is 2.43. The highest BCUT2D eigenvalue weighted by Crippen LogP contribution is 2.31. The normalized spacial score (nSPS) is 11.5. The topological polar surface area (TPSA) is 44.1 Å². The SMILES string of the molecule is CC(C)(C)c1cc(OC(=O)c2cc(Cl)cc(Cl)c2)n(-c2ccc(Cl)c(Cl)c2)n1. The molecule has 3 aromatic rings. The van der Waals surface area contributed by atoms with E-state index in [9.17, 15) is 4.79 Å². The largest absolute Gasteiger partial charge is 0.404 e. The lowest BCUT2D eigenvalue weighted by Crippen LogP contribution is -2.13. The lowest BCUT2D eigenvalue weighted by molar-refractivity contribution is 0.0723. The van der Waals surface area contributed by atoms with Crippen LogP contribution in [0.5, 0.6) is 5.88 Å². The van der Waals surface area contributed by atoms with Gasteiger partial charge in [0.05, 0.1) is 27.0 Å². The lowest BCUT2D eigenvalue weighted by Gasteiger charge is -2.14. The second kappa shape index (κ2) is 7.96. The van der Waals surface area contributed by atoms with Gasteiger partial charge in [0.1, 0.15) is 0 Å². The number of nitrogens with zero attached hydrogens (tertiary/aromatic N) is 2. The van der Waals surface area contributed by atoms with E-state index in [1.807, 2.05) is 20.8 Å². The molecule has 0 radical (unpaired) electrons. The fourth-order valence-corrected chi connectivity index (χ4v) is 3.25. The Morgan fingerprint density at radius 2 is 1.57 bits per heavy atom. The number of rotatable bonds is 3. The second-order valence-corrected chi connectivity index (χ2v) is 8.86. The number of ether oxygens (including phenoxy) is 1. The number of benzene rings is 2. The highest BCUT2D eigenvalue weighted by Gasteiger charge is 2.23. The Morgan fingerprint density at radius 1 is 0.929 bits per heavy atom. The van der Waals surface area contributed by atoms with Crippen LogP contribution in [0.2, 0.25) is 20.1 Å². The van der Waals surface area contributed by atoms with Gasteiger partial charge in [0, 0.05) is 21.5 Å². The number of carbonyl (C=O) groups excluding carboxylic acids is 1. The van der Waals surface area contributed by atoms with Crippen LogP contribution in [0.15, 0.2) is 42.5 Å². The van der Waals surface area contributed by atoms with E-state index in [1.165, 1.54) is 22.9 Å². The van der Waals surface area contributed by atoms with E-state index in [0.717, 1.165) is 5.69 Å². The molecule has 0 fully saturated rings. The van der Waals surface area contributed by atoms with E-state index in [-0.39, 0.29) is 16.9 Å². The Morgan fingerprint density at radius 3 is 2.14 bits per heavy atom. The maximum atomic E-state index is 12.7. The van der Waals surface area contributed by atoms with E-state index < -0.39 is 5.97 Å². The number of carbonyl (C=O) groups is 1. The van der Waals surface area contributed by atoms with Crippen molar-refractivity contribution in [3.8, 4) is 11.6 Å². The van der Waals surface area contributed by atoms with Gasteiger partial charge >= 0.3 is 5.97 Å². The molecular weight excluding hydrogens is 442 g/mol.